The van der Waals surface area contributed by atoms with Crippen LogP contribution in [0.3, 0.4) is 0 Å². The molecule has 6 heteroatoms. The number of rotatable bonds is 5. The van der Waals surface area contributed by atoms with Crippen LogP contribution < -0.4 is 15.5 Å². The molecule has 5 aromatic carbocycles. The third kappa shape index (κ3) is 3.87. The van der Waals surface area contributed by atoms with E-state index in [0.29, 0.717) is 22.4 Å². The minimum absolute atomic E-state index is 0.0990. The van der Waals surface area contributed by atoms with Crippen LogP contribution in [-0.2, 0) is 10.3 Å². The molecule has 1 unspecified atom stereocenters. The van der Waals surface area contributed by atoms with E-state index in [2.05, 4.69) is 10.6 Å². The molecule has 6 rings (SSSR count). The first-order valence-corrected chi connectivity index (χ1v) is 12.4. The lowest BCUT2D eigenvalue weighted by Crippen LogP contribution is -2.58. The molecule has 0 fully saturated rings. The van der Waals surface area contributed by atoms with E-state index in [0.717, 1.165) is 21.5 Å². The van der Waals surface area contributed by atoms with Crippen molar-refractivity contribution in [2.24, 2.45) is 0 Å². The largest absolute Gasteiger partial charge is 0.349 e. The molecule has 38 heavy (non-hydrogen) atoms. The first kappa shape index (κ1) is 23.4. The number of nitrogens with one attached hydrogen (secondary N) is 2. The normalized spacial score (nSPS) is 16.4. The molecule has 0 saturated heterocycles. The van der Waals surface area contributed by atoms with E-state index in [1.807, 2.05) is 91.0 Å². The summed E-state index contributed by atoms with van der Waals surface area (Å²) in [6.07, 6.45) is 0. The fraction of sp³-hybridized carbons (Fsp3) is 0.0938. The number of hydrogen-bond donors (Lipinski definition) is 2. The maximum Gasteiger partial charge on any atom is 0.259 e. The average Bonchev–Trinajstić information content (AvgIpc) is 3.17. The zero-order valence-corrected chi connectivity index (χ0v) is 20.8. The van der Waals surface area contributed by atoms with Crippen LogP contribution in [0.4, 0.5) is 5.69 Å². The standard InChI is InChI=1S/C32H25N3O3/c1-35-28-13-7-6-12-27(28)32(31(35)38,34-30(37)26-17-15-22-9-3-5-11-24(22)19-26)20-33-29(36)25-16-14-21-8-2-4-10-23(21)18-25/h2-19H,20H2,1H3,(H,33,36)(H,34,37). The third-order valence-corrected chi connectivity index (χ3v) is 7.26. The van der Waals surface area contributed by atoms with E-state index in [-0.39, 0.29) is 18.4 Å². The summed E-state index contributed by atoms with van der Waals surface area (Å²) in [6.45, 7) is -0.0990. The van der Waals surface area contributed by atoms with Gasteiger partial charge in [-0.1, -0.05) is 78.9 Å². The molecule has 1 aliphatic heterocycles. The number of amides is 3. The predicted octanol–water partition coefficient (Wildman–Crippen LogP) is 5.02. The number of para-hydroxylation sites is 1. The van der Waals surface area contributed by atoms with Gasteiger partial charge in [0.2, 0.25) is 0 Å². The number of fused-ring (bicyclic) bond motifs is 3. The second-order valence-electron chi connectivity index (χ2n) is 9.55. The van der Waals surface area contributed by atoms with Crippen molar-refractivity contribution in [3.63, 3.8) is 0 Å². The molecule has 2 N–H and O–H groups in total. The van der Waals surface area contributed by atoms with E-state index in [4.69, 9.17) is 0 Å². The Kier molecular flexibility index (Phi) is 5.65. The Morgan fingerprint density at radius 1 is 0.684 bits per heavy atom. The van der Waals surface area contributed by atoms with Gasteiger partial charge in [-0.2, -0.15) is 0 Å². The highest BCUT2D eigenvalue weighted by molar-refractivity contribution is 6.11. The summed E-state index contributed by atoms with van der Waals surface area (Å²) in [5.74, 6) is -1.03. The second kappa shape index (κ2) is 9.16. The Morgan fingerprint density at radius 2 is 1.21 bits per heavy atom. The van der Waals surface area contributed by atoms with Gasteiger partial charge in [0.05, 0.1) is 6.54 Å². The smallest absolute Gasteiger partial charge is 0.259 e. The van der Waals surface area contributed by atoms with E-state index >= 15 is 0 Å². The van der Waals surface area contributed by atoms with Crippen molar-refractivity contribution < 1.29 is 14.4 Å². The topological polar surface area (TPSA) is 78.5 Å². The summed E-state index contributed by atoms with van der Waals surface area (Å²) in [4.78, 5) is 42.1. The molecule has 0 spiro atoms. The maximum absolute atomic E-state index is 13.7. The van der Waals surface area contributed by atoms with Gasteiger partial charge in [-0.25, -0.2) is 0 Å². The first-order chi connectivity index (χ1) is 18.5. The highest BCUT2D eigenvalue weighted by Gasteiger charge is 2.51. The molecule has 0 radical (unpaired) electrons. The van der Waals surface area contributed by atoms with Crippen LogP contribution in [0, 0.1) is 0 Å². The Balaban J connectivity index is 1.34. The lowest BCUT2D eigenvalue weighted by Gasteiger charge is -2.30. The molecule has 0 saturated carbocycles. The van der Waals surface area contributed by atoms with Gasteiger partial charge >= 0.3 is 0 Å². The highest BCUT2D eigenvalue weighted by atomic mass is 16.2. The van der Waals surface area contributed by atoms with Crippen LogP contribution in [0.5, 0.6) is 0 Å². The van der Waals surface area contributed by atoms with E-state index in [1.54, 1.807) is 25.2 Å². The average molecular weight is 500 g/mol. The molecule has 1 aliphatic rings. The van der Waals surface area contributed by atoms with E-state index in [1.165, 1.54) is 4.90 Å². The molecule has 0 aromatic heterocycles. The molecule has 1 heterocycles. The molecular formula is C32H25N3O3. The SMILES string of the molecule is CN1C(=O)C(CNC(=O)c2ccc3ccccc3c2)(NC(=O)c2ccc3ccccc3c2)c2ccccc21. The van der Waals surface area contributed by atoms with E-state index < -0.39 is 11.4 Å². The van der Waals surface area contributed by atoms with Gasteiger partial charge in [-0.05, 0) is 51.9 Å². The van der Waals surface area contributed by atoms with Gasteiger partial charge in [0, 0.05) is 29.4 Å². The minimum atomic E-state index is -1.46. The zero-order valence-electron chi connectivity index (χ0n) is 20.8. The summed E-state index contributed by atoms with van der Waals surface area (Å²) in [6, 6.07) is 33.8. The quantitative estimate of drug-likeness (QED) is 0.356. The fourth-order valence-electron chi connectivity index (χ4n) is 5.22. The van der Waals surface area contributed by atoms with Crippen molar-refractivity contribution in [3.8, 4) is 0 Å². The lowest BCUT2D eigenvalue weighted by molar-refractivity contribution is -0.123. The fourth-order valence-corrected chi connectivity index (χ4v) is 5.22. The molecule has 0 bridgehead atoms. The number of anilines is 1. The summed E-state index contributed by atoms with van der Waals surface area (Å²) in [7, 11) is 1.68. The van der Waals surface area contributed by atoms with Crippen LogP contribution in [0.2, 0.25) is 0 Å². The Hall–Kier alpha value is -4.97. The molecule has 1 atom stereocenters. The number of likely N-dealkylation sites (N-methyl/N-ethyl adjacent to an activating group) is 1. The number of nitrogens with zero attached hydrogens (tertiary/aromatic N) is 1. The van der Waals surface area contributed by atoms with Gasteiger partial charge in [0.1, 0.15) is 0 Å². The van der Waals surface area contributed by atoms with Gasteiger partial charge in [-0.3, -0.25) is 14.4 Å². The van der Waals surface area contributed by atoms with Crippen molar-refractivity contribution in [1.29, 1.82) is 0 Å². The maximum atomic E-state index is 13.7. The van der Waals surface area contributed by atoms with E-state index in [9.17, 15) is 14.4 Å². The van der Waals surface area contributed by atoms with Crippen LogP contribution in [-0.4, -0.2) is 31.3 Å². The summed E-state index contributed by atoms with van der Waals surface area (Å²) < 4.78 is 0. The molecule has 3 amide bonds. The third-order valence-electron chi connectivity index (χ3n) is 7.26. The van der Waals surface area contributed by atoms with Crippen molar-refractivity contribution in [1.82, 2.24) is 10.6 Å². The molecular weight excluding hydrogens is 474 g/mol. The highest BCUT2D eigenvalue weighted by Crippen LogP contribution is 2.39. The molecule has 6 nitrogen and oxygen atoms in total. The minimum Gasteiger partial charge on any atom is -0.349 e. The van der Waals surface area contributed by atoms with Crippen LogP contribution in [0.15, 0.2) is 109 Å². The van der Waals surface area contributed by atoms with Gasteiger partial charge in [0.15, 0.2) is 5.54 Å². The van der Waals surface area contributed by atoms with Crippen LogP contribution >= 0.6 is 0 Å². The number of carbonyl (C=O) groups excluding carboxylic acids is 3. The predicted molar refractivity (Wildman–Crippen MR) is 149 cm³/mol. The van der Waals surface area contributed by atoms with Gasteiger partial charge in [0.25, 0.3) is 17.7 Å². The summed E-state index contributed by atoms with van der Waals surface area (Å²) in [5, 5.41) is 9.85. The lowest BCUT2D eigenvalue weighted by atomic mass is 9.90. The summed E-state index contributed by atoms with van der Waals surface area (Å²) >= 11 is 0. The van der Waals surface area contributed by atoms with Crippen LogP contribution in [0.1, 0.15) is 26.3 Å². The van der Waals surface area contributed by atoms with Gasteiger partial charge < -0.3 is 15.5 Å². The number of benzene rings is 5. The Labute approximate surface area is 219 Å². The molecule has 5 aromatic rings. The Bertz CT molecular complexity index is 1750. The summed E-state index contributed by atoms with van der Waals surface area (Å²) in [5.41, 5.74) is 0.785. The number of carbonyl (C=O) groups is 3. The van der Waals surface area contributed by atoms with Crippen molar-refractivity contribution >= 4 is 45.0 Å². The zero-order chi connectivity index (χ0) is 26.3. The molecule has 0 aliphatic carbocycles. The van der Waals surface area contributed by atoms with Crippen LogP contribution in [0.25, 0.3) is 21.5 Å². The van der Waals surface area contributed by atoms with Gasteiger partial charge in [-0.15, -0.1) is 0 Å². The monoisotopic (exact) mass is 499 g/mol. The first-order valence-electron chi connectivity index (χ1n) is 12.4. The second-order valence-corrected chi connectivity index (χ2v) is 9.55. The Morgan fingerprint density at radius 3 is 1.84 bits per heavy atom. The molecule has 186 valence electrons. The van der Waals surface area contributed by atoms with Crippen molar-refractivity contribution in [2.45, 2.75) is 5.54 Å². The number of hydrogen-bond acceptors (Lipinski definition) is 3. The van der Waals surface area contributed by atoms with Crippen molar-refractivity contribution in [2.75, 3.05) is 18.5 Å². The van der Waals surface area contributed by atoms with Crippen molar-refractivity contribution in [3.05, 3.63) is 126 Å².